The van der Waals surface area contributed by atoms with Gasteiger partial charge in [-0.05, 0) is 72.3 Å². The lowest BCUT2D eigenvalue weighted by molar-refractivity contribution is 0.0697. The first-order chi connectivity index (χ1) is 17.9. The third kappa shape index (κ3) is 4.87. The van der Waals surface area contributed by atoms with Gasteiger partial charge in [0.1, 0.15) is 5.69 Å². The van der Waals surface area contributed by atoms with Crippen LogP contribution in [-0.4, -0.2) is 33.5 Å². The van der Waals surface area contributed by atoms with Crippen LogP contribution in [0.2, 0.25) is 5.02 Å². The van der Waals surface area contributed by atoms with Crippen molar-refractivity contribution in [3.05, 3.63) is 131 Å². The maximum atomic E-state index is 13.2. The number of carboxylic acids is 1. The SMILES string of the molecule is CN(c1ccc(Cl)cc1)c1ccc(C(=O)c2ccc(-n3cccc3-c3ccccc3)c(C(=O)O)c2)nc1. The molecule has 0 saturated heterocycles. The predicted octanol–water partition coefficient (Wildman–Crippen LogP) is 6.89. The second kappa shape index (κ2) is 10.1. The van der Waals surface area contributed by atoms with Crippen molar-refractivity contribution in [1.29, 1.82) is 0 Å². The number of anilines is 2. The van der Waals surface area contributed by atoms with Gasteiger partial charge in [0.2, 0.25) is 5.78 Å². The summed E-state index contributed by atoms with van der Waals surface area (Å²) in [5, 5.41) is 10.6. The first-order valence-electron chi connectivity index (χ1n) is 11.5. The van der Waals surface area contributed by atoms with Gasteiger partial charge in [-0.15, -0.1) is 0 Å². The number of hydrogen-bond acceptors (Lipinski definition) is 4. The maximum absolute atomic E-state index is 13.2. The first kappa shape index (κ1) is 24.0. The van der Waals surface area contributed by atoms with Gasteiger partial charge in [-0.1, -0.05) is 41.9 Å². The third-order valence-electron chi connectivity index (χ3n) is 6.15. The number of benzene rings is 3. The van der Waals surface area contributed by atoms with E-state index in [0.29, 0.717) is 10.7 Å². The Morgan fingerprint density at radius 2 is 1.59 bits per heavy atom. The van der Waals surface area contributed by atoms with Crippen LogP contribution in [0.1, 0.15) is 26.4 Å². The zero-order valence-corrected chi connectivity index (χ0v) is 20.6. The van der Waals surface area contributed by atoms with Gasteiger partial charge in [-0.2, -0.15) is 0 Å². The lowest BCUT2D eigenvalue weighted by atomic mass is 10.0. The number of nitrogens with zero attached hydrogens (tertiary/aromatic N) is 3. The molecule has 0 aliphatic rings. The second-order valence-electron chi connectivity index (χ2n) is 8.43. The Morgan fingerprint density at radius 1 is 0.865 bits per heavy atom. The molecule has 0 unspecified atom stereocenters. The molecule has 7 heteroatoms. The highest BCUT2D eigenvalue weighted by Crippen LogP contribution is 2.28. The lowest BCUT2D eigenvalue weighted by Crippen LogP contribution is -2.12. The normalized spacial score (nSPS) is 10.8. The molecule has 37 heavy (non-hydrogen) atoms. The highest BCUT2D eigenvalue weighted by Gasteiger charge is 2.19. The van der Waals surface area contributed by atoms with E-state index in [4.69, 9.17) is 11.6 Å². The van der Waals surface area contributed by atoms with Crippen molar-refractivity contribution < 1.29 is 14.7 Å². The van der Waals surface area contributed by atoms with Gasteiger partial charge in [-0.25, -0.2) is 4.79 Å². The highest BCUT2D eigenvalue weighted by atomic mass is 35.5. The molecular formula is C30H22ClN3O3. The fourth-order valence-electron chi connectivity index (χ4n) is 4.17. The van der Waals surface area contributed by atoms with Crippen LogP contribution in [0.15, 0.2) is 109 Å². The fraction of sp³-hybridized carbons (Fsp3) is 0.0333. The van der Waals surface area contributed by atoms with E-state index in [9.17, 15) is 14.7 Å². The Hall–Kier alpha value is -4.68. The molecular weight excluding hydrogens is 486 g/mol. The summed E-state index contributed by atoms with van der Waals surface area (Å²) < 4.78 is 1.81. The minimum absolute atomic E-state index is 0.0262. The number of ketones is 1. The summed E-state index contributed by atoms with van der Waals surface area (Å²) in [5.74, 6) is -1.48. The molecule has 6 nitrogen and oxygen atoms in total. The third-order valence-corrected chi connectivity index (χ3v) is 6.40. The van der Waals surface area contributed by atoms with Crippen LogP contribution < -0.4 is 4.90 Å². The fourth-order valence-corrected chi connectivity index (χ4v) is 4.30. The van der Waals surface area contributed by atoms with Crippen LogP contribution in [0.25, 0.3) is 16.9 Å². The maximum Gasteiger partial charge on any atom is 0.337 e. The number of carbonyl (C=O) groups excluding carboxylic acids is 1. The Morgan fingerprint density at radius 3 is 2.27 bits per heavy atom. The van der Waals surface area contributed by atoms with Gasteiger partial charge in [0.15, 0.2) is 0 Å². The number of hydrogen-bond donors (Lipinski definition) is 1. The van der Waals surface area contributed by atoms with Crippen LogP contribution in [0.3, 0.4) is 0 Å². The Labute approximate surface area is 219 Å². The van der Waals surface area contributed by atoms with Crippen LogP contribution >= 0.6 is 11.6 Å². The van der Waals surface area contributed by atoms with Gasteiger partial charge in [0.25, 0.3) is 0 Å². The molecule has 0 spiro atoms. The summed E-state index contributed by atoms with van der Waals surface area (Å²) in [5.41, 5.74) is 4.50. The molecule has 182 valence electrons. The van der Waals surface area contributed by atoms with Crippen molar-refractivity contribution >= 4 is 34.7 Å². The molecule has 3 aromatic carbocycles. The number of pyridine rings is 1. The largest absolute Gasteiger partial charge is 0.478 e. The smallest absolute Gasteiger partial charge is 0.337 e. The molecule has 0 saturated carbocycles. The van der Waals surface area contributed by atoms with E-state index >= 15 is 0 Å². The van der Waals surface area contributed by atoms with E-state index in [-0.39, 0.29) is 22.6 Å². The monoisotopic (exact) mass is 507 g/mol. The van der Waals surface area contributed by atoms with Gasteiger partial charge in [0.05, 0.1) is 28.8 Å². The van der Waals surface area contributed by atoms with Crippen molar-refractivity contribution in [3.63, 3.8) is 0 Å². The van der Waals surface area contributed by atoms with Crippen LogP contribution in [-0.2, 0) is 0 Å². The van der Waals surface area contributed by atoms with E-state index in [1.165, 1.54) is 6.07 Å². The zero-order valence-electron chi connectivity index (χ0n) is 19.9. The average molecular weight is 508 g/mol. The van der Waals surface area contributed by atoms with Crippen molar-refractivity contribution in [3.8, 4) is 16.9 Å². The van der Waals surface area contributed by atoms with Crippen LogP contribution in [0, 0.1) is 0 Å². The molecule has 5 rings (SSSR count). The molecule has 2 heterocycles. The summed E-state index contributed by atoms with van der Waals surface area (Å²) in [4.78, 5) is 31.7. The number of carboxylic acid groups (broad SMARTS) is 1. The predicted molar refractivity (Wildman–Crippen MR) is 145 cm³/mol. The Kier molecular flexibility index (Phi) is 6.58. The summed E-state index contributed by atoms with van der Waals surface area (Å²) in [7, 11) is 1.89. The molecule has 0 aliphatic carbocycles. The highest BCUT2D eigenvalue weighted by molar-refractivity contribution is 6.30. The molecule has 0 atom stereocenters. The van der Waals surface area contributed by atoms with Gasteiger partial charge >= 0.3 is 5.97 Å². The lowest BCUT2D eigenvalue weighted by Gasteiger charge is -2.19. The van der Waals surface area contributed by atoms with Gasteiger partial charge < -0.3 is 14.6 Å². The van der Waals surface area contributed by atoms with Crippen molar-refractivity contribution in [2.75, 3.05) is 11.9 Å². The molecule has 1 N–H and O–H groups in total. The summed E-state index contributed by atoms with van der Waals surface area (Å²) in [6, 6.07) is 29.0. The zero-order chi connectivity index (χ0) is 25.9. The number of carbonyl (C=O) groups is 2. The topological polar surface area (TPSA) is 75.4 Å². The van der Waals surface area contributed by atoms with Crippen molar-refractivity contribution in [2.45, 2.75) is 0 Å². The number of aromatic carboxylic acids is 1. The minimum Gasteiger partial charge on any atom is -0.478 e. The molecule has 0 fully saturated rings. The molecule has 2 aromatic heterocycles. The Bertz CT molecular complexity index is 1580. The molecule has 0 bridgehead atoms. The van der Waals surface area contributed by atoms with E-state index in [1.54, 1.807) is 42.6 Å². The summed E-state index contributed by atoms with van der Waals surface area (Å²) in [6.07, 6.45) is 3.42. The molecule has 0 amide bonds. The summed E-state index contributed by atoms with van der Waals surface area (Å²) in [6.45, 7) is 0. The molecule has 5 aromatic rings. The van der Waals surface area contributed by atoms with Gasteiger partial charge in [0, 0.05) is 29.5 Å². The minimum atomic E-state index is -1.12. The quantitative estimate of drug-likeness (QED) is 0.243. The van der Waals surface area contributed by atoms with E-state index in [2.05, 4.69) is 4.98 Å². The van der Waals surface area contributed by atoms with Crippen molar-refractivity contribution in [1.82, 2.24) is 9.55 Å². The van der Waals surface area contributed by atoms with Gasteiger partial charge in [-0.3, -0.25) is 9.78 Å². The van der Waals surface area contributed by atoms with Crippen LogP contribution in [0.4, 0.5) is 11.4 Å². The van der Waals surface area contributed by atoms with Crippen molar-refractivity contribution in [2.24, 2.45) is 0 Å². The van der Waals surface area contributed by atoms with E-state index in [0.717, 1.165) is 22.6 Å². The van der Waals surface area contributed by atoms with E-state index in [1.807, 2.05) is 77.3 Å². The second-order valence-corrected chi connectivity index (χ2v) is 8.87. The molecule has 0 radical (unpaired) electrons. The number of aromatic nitrogens is 2. The molecule has 0 aliphatic heterocycles. The first-order valence-corrected chi connectivity index (χ1v) is 11.9. The standard InChI is InChI=1S/C30H22ClN3O3/c1-33(23-12-10-22(31)11-13-23)24-14-15-26(32-19-24)29(35)21-9-16-28(25(18-21)30(36)37)34-17-5-8-27(34)20-6-3-2-4-7-20/h2-19H,1H3,(H,36,37). The number of halogens is 1. The van der Waals surface area contributed by atoms with E-state index < -0.39 is 5.97 Å². The van der Waals surface area contributed by atoms with Crippen LogP contribution in [0.5, 0.6) is 0 Å². The Balaban J connectivity index is 1.44. The summed E-state index contributed by atoms with van der Waals surface area (Å²) >= 11 is 5.97. The number of rotatable bonds is 7. The average Bonchev–Trinajstić information content (AvgIpc) is 3.43.